The Hall–Kier alpha value is -0.160. The van der Waals surface area contributed by atoms with Gasteiger partial charge in [-0.05, 0) is 26.7 Å². The summed E-state index contributed by atoms with van der Waals surface area (Å²) in [7, 11) is 0. The third-order valence-corrected chi connectivity index (χ3v) is 4.16. The van der Waals surface area contributed by atoms with Gasteiger partial charge in [0.1, 0.15) is 0 Å². The van der Waals surface area contributed by atoms with Crippen LogP contribution in [0, 0.1) is 0 Å². The van der Waals surface area contributed by atoms with E-state index in [-0.39, 0.29) is 11.8 Å². The molecule has 0 amide bonds. The first-order valence-electron chi connectivity index (χ1n) is 7.37. The molecule has 2 aliphatic rings. The Morgan fingerprint density at radius 1 is 1.17 bits per heavy atom. The summed E-state index contributed by atoms with van der Waals surface area (Å²) < 4.78 is 17.1. The molecule has 1 aliphatic carbocycles. The van der Waals surface area contributed by atoms with Gasteiger partial charge in [0.15, 0.2) is 6.29 Å². The normalized spacial score (nSPS) is 24.2. The van der Waals surface area contributed by atoms with E-state index < -0.39 is 0 Å². The SMILES string of the molecule is CCOC(CN1CCOCC12CCCC2)OCC. The Morgan fingerprint density at radius 3 is 2.44 bits per heavy atom. The minimum atomic E-state index is -0.0874. The molecule has 0 aromatic rings. The van der Waals surface area contributed by atoms with E-state index in [1.807, 2.05) is 13.8 Å². The van der Waals surface area contributed by atoms with Gasteiger partial charge in [0, 0.05) is 25.3 Å². The second kappa shape index (κ2) is 6.85. The monoisotopic (exact) mass is 257 g/mol. The van der Waals surface area contributed by atoms with Gasteiger partial charge in [0.05, 0.1) is 19.8 Å². The fraction of sp³-hybridized carbons (Fsp3) is 1.00. The lowest BCUT2D eigenvalue weighted by Crippen LogP contribution is -2.57. The van der Waals surface area contributed by atoms with Crippen molar-refractivity contribution < 1.29 is 14.2 Å². The summed E-state index contributed by atoms with van der Waals surface area (Å²) in [6, 6.07) is 0. The van der Waals surface area contributed by atoms with Crippen LogP contribution in [0.4, 0.5) is 0 Å². The van der Waals surface area contributed by atoms with Gasteiger partial charge >= 0.3 is 0 Å². The van der Waals surface area contributed by atoms with Gasteiger partial charge in [0.25, 0.3) is 0 Å². The fourth-order valence-corrected chi connectivity index (χ4v) is 3.25. The number of rotatable bonds is 6. The average Bonchev–Trinajstić information content (AvgIpc) is 2.82. The van der Waals surface area contributed by atoms with Crippen LogP contribution in [0.15, 0.2) is 0 Å². The van der Waals surface area contributed by atoms with Crippen molar-refractivity contribution in [3.05, 3.63) is 0 Å². The second-order valence-corrected chi connectivity index (χ2v) is 5.27. The van der Waals surface area contributed by atoms with Crippen LogP contribution in [-0.2, 0) is 14.2 Å². The Bertz CT molecular complexity index is 235. The highest BCUT2D eigenvalue weighted by Crippen LogP contribution is 2.37. The first-order chi connectivity index (χ1) is 8.80. The zero-order valence-electron chi connectivity index (χ0n) is 11.8. The highest BCUT2D eigenvalue weighted by atomic mass is 16.7. The summed E-state index contributed by atoms with van der Waals surface area (Å²) in [6.45, 7) is 9.09. The van der Waals surface area contributed by atoms with E-state index in [0.29, 0.717) is 13.2 Å². The molecule has 0 N–H and O–H groups in total. The lowest BCUT2D eigenvalue weighted by molar-refractivity contribution is -0.171. The molecule has 0 atom stereocenters. The molecule has 2 fully saturated rings. The van der Waals surface area contributed by atoms with Gasteiger partial charge in [-0.25, -0.2) is 0 Å². The van der Waals surface area contributed by atoms with Crippen molar-refractivity contribution >= 4 is 0 Å². The molecule has 0 bridgehead atoms. The van der Waals surface area contributed by atoms with Crippen molar-refractivity contribution in [2.24, 2.45) is 0 Å². The quantitative estimate of drug-likeness (QED) is 0.681. The van der Waals surface area contributed by atoms with E-state index in [1.165, 1.54) is 25.7 Å². The summed E-state index contributed by atoms with van der Waals surface area (Å²) in [6.07, 6.45) is 5.09. The topological polar surface area (TPSA) is 30.9 Å². The molecule has 2 rings (SSSR count). The minimum Gasteiger partial charge on any atom is -0.378 e. The number of hydrogen-bond donors (Lipinski definition) is 0. The molecule has 1 saturated heterocycles. The molecule has 1 aliphatic heterocycles. The third-order valence-electron chi connectivity index (χ3n) is 4.16. The summed E-state index contributed by atoms with van der Waals surface area (Å²) in [5.41, 5.74) is 0.269. The summed E-state index contributed by atoms with van der Waals surface area (Å²) in [5, 5.41) is 0. The van der Waals surface area contributed by atoms with Crippen molar-refractivity contribution in [2.45, 2.75) is 51.4 Å². The van der Waals surface area contributed by atoms with E-state index >= 15 is 0 Å². The maximum absolute atomic E-state index is 5.72. The third kappa shape index (κ3) is 3.23. The van der Waals surface area contributed by atoms with Crippen LogP contribution < -0.4 is 0 Å². The zero-order chi connectivity index (χ0) is 12.8. The van der Waals surface area contributed by atoms with E-state index in [4.69, 9.17) is 14.2 Å². The molecule has 1 saturated carbocycles. The van der Waals surface area contributed by atoms with Gasteiger partial charge in [-0.2, -0.15) is 0 Å². The van der Waals surface area contributed by atoms with Gasteiger partial charge in [-0.3, -0.25) is 4.90 Å². The first-order valence-corrected chi connectivity index (χ1v) is 7.37. The molecule has 1 heterocycles. The Morgan fingerprint density at radius 2 is 1.83 bits per heavy atom. The molecule has 0 unspecified atom stereocenters. The van der Waals surface area contributed by atoms with Crippen LogP contribution in [0.1, 0.15) is 39.5 Å². The van der Waals surface area contributed by atoms with Crippen molar-refractivity contribution in [3.63, 3.8) is 0 Å². The minimum absolute atomic E-state index is 0.0874. The molecule has 106 valence electrons. The molecule has 0 aromatic heterocycles. The number of ether oxygens (including phenoxy) is 3. The maximum atomic E-state index is 5.72. The molecule has 4 heteroatoms. The Balaban J connectivity index is 1.95. The smallest absolute Gasteiger partial charge is 0.170 e. The number of nitrogens with zero attached hydrogens (tertiary/aromatic N) is 1. The van der Waals surface area contributed by atoms with Gasteiger partial charge < -0.3 is 14.2 Å². The van der Waals surface area contributed by atoms with Crippen molar-refractivity contribution in [1.29, 1.82) is 0 Å². The Kier molecular flexibility index (Phi) is 5.42. The number of hydrogen-bond acceptors (Lipinski definition) is 4. The highest BCUT2D eigenvalue weighted by Gasteiger charge is 2.42. The van der Waals surface area contributed by atoms with Crippen molar-refractivity contribution in [1.82, 2.24) is 4.90 Å². The summed E-state index contributed by atoms with van der Waals surface area (Å²) >= 11 is 0. The van der Waals surface area contributed by atoms with E-state index in [0.717, 1.165) is 26.3 Å². The van der Waals surface area contributed by atoms with Gasteiger partial charge in [-0.15, -0.1) is 0 Å². The molecule has 18 heavy (non-hydrogen) atoms. The maximum Gasteiger partial charge on any atom is 0.170 e. The molecule has 1 spiro atoms. The Labute approximate surface area is 111 Å². The highest BCUT2D eigenvalue weighted by molar-refractivity contribution is 4.97. The fourth-order valence-electron chi connectivity index (χ4n) is 3.25. The molecular weight excluding hydrogens is 230 g/mol. The zero-order valence-corrected chi connectivity index (χ0v) is 11.8. The van der Waals surface area contributed by atoms with E-state index in [9.17, 15) is 0 Å². The first kappa shape index (κ1) is 14.3. The van der Waals surface area contributed by atoms with Crippen LogP contribution in [0.25, 0.3) is 0 Å². The largest absolute Gasteiger partial charge is 0.378 e. The molecule has 0 radical (unpaired) electrons. The lowest BCUT2D eigenvalue weighted by Gasteiger charge is -2.45. The molecule has 4 nitrogen and oxygen atoms in total. The number of morpholine rings is 1. The van der Waals surface area contributed by atoms with Gasteiger partial charge in [-0.1, -0.05) is 12.8 Å². The molecular formula is C14H27NO3. The molecule has 0 aromatic carbocycles. The van der Waals surface area contributed by atoms with Crippen molar-refractivity contribution in [2.75, 3.05) is 39.5 Å². The summed E-state index contributed by atoms with van der Waals surface area (Å²) in [5.74, 6) is 0. The second-order valence-electron chi connectivity index (χ2n) is 5.27. The van der Waals surface area contributed by atoms with Crippen LogP contribution in [0.3, 0.4) is 0 Å². The standard InChI is InChI=1S/C14H27NO3/c1-3-17-13(18-4-2)11-15-9-10-16-12-14(15)7-5-6-8-14/h13H,3-12H2,1-2H3. The van der Waals surface area contributed by atoms with Crippen LogP contribution >= 0.6 is 0 Å². The average molecular weight is 257 g/mol. The van der Waals surface area contributed by atoms with E-state index in [1.54, 1.807) is 0 Å². The van der Waals surface area contributed by atoms with Crippen molar-refractivity contribution in [3.8, 4) is 0 Å². The predicted octanol–water partition coefficient (Wildman–Crippen LogP) is 2.03. The van der Waals surface area contributed by atoms with Crippen LogP contribution in [0.2, 0.25) is 0 Å². The van der Waals surface area contributed by atoms with Crippen LogP contribution in [0.5, 0.6) is 0 Å². The predicted molar refractivity (Wildman–Crippen MR) is 70.6 cm³/mol. The van der Waals surface area contributed by atoms with Crippen LogP contribution in [-0.4, -0.2) is 56.2 Å². The van der Waals surface area contributed by atoms with Gasteiger partial charge in [0.2, 0.25) is 0 Å². The van der Waals surface area contributed by atoms with E-state index in [2.05, 4.69) is 4.90 Å². The summed E-state index contributed by atoms with van der Waals surface area (Å²) in [4.78, 5) is 2.56. The lowest BCUT2D eigenvalue weighted by atomic mass is 9.94.